The largest absolute Gasteiger partial charge is 0.494 e. The molecule has 1 aliphatic rings. The zero-order valence-electron chi connectivity index (χ0n) is 9.99. The summed E-state index contributed by atoms with van der Waals surface area (Å²) in [5, 5.41) is 0. The van der Waals surface area contributed by atoms with E-state index in [-0.39, 0.29) is 5.54 Å². The summed E-state index contributed by atoms with van der Waals surface area (Å²) in [5.41, 5.74) is 6.27. The summed E-state index contributed by atoms with van der Waals surface area (Å²) < 4.78 is 5.65. The molecule has 2 heteroatoms. The maximum atomic E-state index is 6.25. The van der Waals surface area contributed by atoms with Crippen molar-refractivity contribution in [1.29, 1.82) is 0 Å². The molecule has 0 spiro atoms. The molecule has 1 aliphatic carbocycles. The van der Waals surface area contributed by atoms with Gasteiger partial charge in [-0.1, -0.05) is 18.2 Å². The highest BCUT2D eigenvalue weighted by Crippen LogP contribution is 2.40. The van der Waals surface area contributed by atoms with Gasteiger partial charge in [0.05, 0.1) is 6.61 Å². The van der Waals surface area contributed by atoms with Crippen molar-refractivity contribution < 1.29 is 4.74 Å². The van der Waals surface area contributed by atoms with Crippen LogP contribution in [0.25, 0.3) is 0 Å². The summed E-state index contributed by atoms with van der Waals surface area (Å²) >= 11 is 0. The number of para-hydroxylation sites is 1. The van der Waals surface area contributed by atoms with Crippen LogP contribution in [0.15, 0.2) is 30.3 Å². The van der Waals surface area contributed by atoms with E-state index in [4.69, 9.17) is 10.5 Å². The van der Waals surface area contributed by atoms with Crippen LogP contribution in [0.3, 0.4) is 0 Å². The molecule has 0 saturated heterocycles. The van der Waals surface area contributed by atoms with Crippen molar-refractivity contribution in [3.05, 3.63) is 30.3 Å². The van der Waals surface area contributed by atoms with Crippen molar-refractivity contribution in [2.75, 3.05) is 6.61 Å². The molecule has 0 aromatic heterocycles. The van der Waals surface area contributed by atoms with Crippen LogP contribution in [0.4, 0.5) is 0 Å². The molecule has 0 heterocycles. The van der Waals surface area contributed by atoms with Gasteiger partial charge in [-0.25, -0.2) is 0 Å². The minimum Gasteiger partial charge on any atom is -0.494 e. The predicted molar refractivity (Wildman–Crippen MR) is 66.5 cm³/mol. The molecule has 0 bridgehead atoms. The van der Waals surface area contributed by atoms with Crippen LogP contribution in [0, 0.1) is 5.92 Å². The van der Waals surface area contributed by atoms with Crippen molar-refractivity contribution in [2.45, 2.75) is 38.1 Å². The smallest absolute Gasteiger partial charge is 0.119 e. The van der Waals surface area contributed by atoms with Crippen molar-refractivity contribution in [3.63, 3.8) is 0 Å². The highest BCUT2D eigenvalue weighted by molar-refractivity contribution is 5.20. The fourth-order valence-electron chi connectivity index (χ4n) is 2.11. The van der Waals surface area contributed by atoms with Gasteiger partial charge < -0.3 is 10.5 Å². The maximum absolute atomic E-state index is 6.25. The predicted octanol–water partition coefficient (Wildman–Crippen LogP) is 2.97. The molecule has 88 valence electrons. The van der Waals surface area contributed by atoms with Gasteiger partial charge in [0, 0.05) is 5.54 Å². The number of ether oxygens (including phenoxy) is 1. The van der Waals surface area contributed by atoms with Gasteiger partial charge in [0.15, 0.2) is 0 Å². The molecule has 1 aromatic carbocycles. The average molecular weight is 219 g/mol. The topological polar surface area (TPSA) is 35.2 Å². The van der Waals surface area contributed by atoms with Crippen LogP contribution >= 0.6 is 0 Å². The lowest BCUT2D eigenvalue weighted by Gasteiger charge is -2.24. The van der Waals surface area contributed by atoms with Gasteiger partial charge >= 0.3 is 0 Å². The Morgan fingerprint density at radius 3 is 2.62 bits per heavy atom. The molecule has 0 amide bonds. The van der Waals surface area contributed by atoms with Gasteiger partial charge in [-0.2, -0.15) is 0 Å². The van der Waals surface area contributed by atoms with E-state index < -0.39 is 0 Å². The summed E-state index contributed by atoms with van der Waals surface area (Å²) in [5.74, 6) is 1.71. The van der Waals surface area contributed by atoms with Crippen LogP contribution in [-0.2, 0) is 0 Å². The summed E-state index contributed by atoms with van der Waals surface area (Å²) in [6, 6.07) is 9.96. The number of nitrogens with two attached hydrogens (primary N) is 1. The van der Waals surface area contributed by atoms with E-state index in [2.05, 4.69) is 6.92 Å². The molecule has 16 heavy (non-hydrogen) atoms. The normalized spacial score (nSPS) is 19.1. The van der Waals surface area contributed by atoms with Crippen LogP contribution in [0.5, 0.6) is 5.75 Å². The zero-order valence-corrected chi connectivity index (χ0v) is 9.99. The second-order valence-electron chi connectivity index (χ2n) is 5.05. The third-order valence-electron chi connectivity index (χ3n) is 3.38. The molecular weight excluding hydrogens is 198 g/mol. The summed E-state index contributed by atoms with van der Waals surface area (Å²) in [7, 11) is 0. The summed E-state index contributed by atoms with van der Waals surface area (Å²) in [6.07, 6.45) is 4.72. The van der Waals surface area contributed by atoms with Crippen molar-refractivity contribution in [1.82, 2.24) is 0 Å². The number of hydrogen-bond acceptors (Lipinski definition) is 2. The number of rotatable bonds is 6. The van der Waals surface area contributed by atoms with E-state index in [1.165, 1.54) is 12.8 Å². The van der Waals surface area contributed by atoms with E-state index in [1.807, 2.05) is 30.3 Å². The maximum Gasteiger partial charge on any atom is 0.119 e. The second kappa shape index (κ2) is 4.88. The Labute approximate surface area is 97.8 Å². The SMILES string of the molecule is CC(N)(CCCOc1ccccc1)C1CC1. The lowest BCUT2D eigenvalue weighted by molar-refractivity contribution is 0.274. The van der Waals surface area contributed by atoms with E-state index >= 15 is 0 Å². The molecule has 2 nitrogen and oxygen atoms in total. The molecule has 1 saturated carbocycles. The van der Waals surface area contributed by atoms with E-state index in [0.717, 1.165) is 31.1 Å². The van der Waals surface area contributed by atoms with Gasteiger partial charge in [0.1, 0.15) is 5.75 Å². The van der Waals surface area contributed by atoms with Gasteiger partial charge in [-0.05, 0) is 50.7 Å². The Morgan fingerprint density at radius 2 is 2.00 bits per heavy atom. The highest BCUT2D eigenvalue weighted by Gasteiger charge is 2.37. The minimum atomic E-state index is 0.0278. The average Bonchev–Trinajstić information content (AvgIpc) is 3.10. The standard InChI is InChI=1S/C14H21NO/c1-14(15,12-8-9-12)10-5-11-16-13-6-3-2-4-7-13/h2-4,6-7,12H,5,8-11,15H2,1H3. The van der Waals surface area contributed by atoms with Crippen LogP contribution in [0.2, 0.25) is 0 Å². The Morgan fingerprint density at radius 1 is 1.31 bits per heavy atom. The van der Waals surface area contributed by atoms with Gasteiger partial charge in [0.25, 0.3) is 0 Å². The lowest BCUT2D eigenvalue weighted by atomic mass is 9.92. The summed E-state index contributed by atoms with van der Waals surface area (Å²) in [4.78, 5) is 0. The third kappa shape index (κ3) is 3.24. The third-order valence-corrected chi connectivity index (χ3v) is 3.38. The molecule has 2 rings (SSSR count). The minimum absolute atomic E-state index is 0.0278. The van der Waals surface area contributed by atoms with Crippen molar-refractivity contribution in [2.24, 2.45) is 11.7 Å². The Balaban J connectivity index is 1.65. The Bertz CT molecular complexity index is 317. The molecular formula is C14H21NO. The second-order valence-corrected chi connectivity index (χ2v) is 5.05. The van der Waals surface area contributed by atoms with Crippen molar-refractivity contribution >= 4 is 0 Å². The van der Waals surface area contributed by atoms with Crippen LogP contribution in [0.1, 0.15) is 32.6 Å². The monoisotopic (exact) mass is 219 g/mol. The molecule has 0 radical (unpaired) electrons. The first-order valence-corrected chi connectivity index (χ1v) is 6.15. The molecule has 1 unspecified atom stereocenters. The zero-order chi connectivity index (χ0) is 11.4. The first-order chi connectivity index (χ1) is 7.68. The number of benzene rings is 1. The first-order valence-electron chi connectivity index (χ1n) is 6.15. The van der Waals surface area contributed by atoms with Gasteiger partial charge in [0.2, 0.25) is 0 Å². The van der Waals surface area contributed by atoms with Gasteiger partial charge in [-0.15, -0.1) is 0 Å². The molecule has 1 atom stereocenters. The molecule has 1 fully saturated rings. The van der Waals surface area contributed by atoms with E-state index in [9.17, 15) is 0 Å². The molecule has 2 N–H and O–H groups in total. The molecule has 0 aliphatic heterocycles. The number of hydrogen-bond donors (Lipinski definition) is 1. The van der Waals surface area contributed by atoms with E-state index in [0.29, 0.717) is 0 Å². The fraction of sp³-hybridized carbons (Fsp3) is 0.571. The molecule has 1 aromatic rings. The Kier molecular flexibility index (Phi) is 3.49. The van der Waals surface area contributed by atoms with Crippen molar-refractivity contribution in [3.8, 4) is 5.75 Å². The van der Waals surface area contributed by atoms with Crippen LogP contribution in [-0.4, -0.2) is 12.1 Å². The Hall–Kier alpha value is -1.02. The highest BCUT2D eigenvalue weighted by atomic mass is 16.5. The van der Waals surface area contributed by atoms with Gasteiger partial charge in [-0.3, -0.25) is 0 Å². The summed E-state index contributed by atoms with van der Waals surface area (Å²) in [6.45, 7) is 2.94. The fourth-order valence-corrected chi connectivity index (χ4v) is 2.11. The lowest BCUT2D eigenvalue weighted by Crippen LogP contribution is -2.38. The first kappa shape index (κ1) is 11.5. The quantitative estimate of drug-likeness (QED) is 0.746. The van der Waals surface area contributed by atoms with E-state index in [1.54, 1.807) is 0 Å². The van der Waals surface area contributed by atoms with Crippen LogP contribution < -0.4 is 10.5 Å².